The molecule has 0 radical (unpaired) electrons. The zero-order valence-corrected chi connectivity index (χ0v) is 80.8. The summed E-state index contributed by atoms with van der Waals surface area (Å²) >= 11 is 11.0. The third-order valence-electron chi connectivity index (χ3n) is 22.8. The lowest BCUT2D eigenvalue weighted by molar-refractivity contribution is 0.0482. The standard InChI is InChI=1S/C29H41FN4O5.C19H25FN4O.C18H20BrFN2O3.C14H11BrFNO3.C11H22N2O2.CH3Cl.ClH/c1-16-23-19(14-22(25(35)34(23)20-9-10-20)32-27(37)39-29(6,7)8)13-21(30)24(16)33-12-11-18(15-33)17(2)31-26(36)38-28(3,4)5;1-10-17-13(8-16(22)19(25)24(17)14-3-4-14)7-15(20)18(10)23-6-5-12(9-23)11(2)21;1-9-14(19)12(20)7-10-8-13(21-17(24)25-18(2,3)4)16(23)22(15(9)10)11-5-6-11;1-6-11(15)10(16)5-7-4-9(14(19)20)13(18)17(12(6)7)8-2-3-8;1-8(9-5-6-12-7-9)13-10(14)15-11(2,3)4;1-2;/h13-14,17-18,20H,9-12,15H2,1-8H3,(H,31,36)(H,32,37);7-8,11-12,14H,3-6,9,21-22H2,1-2H3;7-8,11H,5-6H2,1-4H3,(H,21,24);4-5,8H,2-3H2,1H3,(H,19,20);8-9,12H,5-7H2,1-4H3,(H,13,14);1H3;1H/t17-,18+;11-,12+;;;8-,9+;;/m00..0../s1. The lowest BCUT2D eigenvalue weighted by atomic mass is 10.0. The molecule has 7 fully saturated rings. The summed E-state index contributed by atoms with van der Waals surface area (Å²) in [6.45, 7) is 39.5. The number of ether oxygens (including phenoxy) is 4. The van der Waals surface area contributed by atoms with Crippen LogP contribution in [-0.2, 0) is 18.9 Å². The molecule has 4 aromatic heterocycles. The van der Waals surface area contributed by atoms with Gasteiger partial charge in [0.2, 0.25) is 0 Å². The second-order valence-corrected chi connectivity index (χ2v) is 39.5. The molecule has 0 spiro atoms. The number of carbonyl (C=O) groups is 5. The van der Waals surface area contributed by atoms with Crippen LogP contribution >= 0.6 is 55.9 Å². The molecule has 6 atom stereocenters. The van der Waals surface area contributed by atoms with E-state index in [0.717, 1.165) is 108 Å². The minimum atomic E-state index is -1.28. The van der Waals surface area contributed by atoms with Gasteiger partial charge in [0, 0.05) is 96.4 Å². The van der Waals surface area contributed by atoms with Gasteiger partial charge < -0.3 is 79.5 Å². The van der Waals surface area contributed by atoms with E-state index in [9.17, 15) is 56.3 Å². The molecule has 15 rings (SSSR count). The number of nitrogens with one attached hydrogen (secondary N) is 5. The number of hydrogen-bond donors (Lipinski definition) is 8. The molecule has 3 saturated heterocycles. The predicted molar refractivity (Wildman–Crippen MR) is 503 cm³/mol. The number of nitrogen functional groups attached to an aromatic ring is 1. The molecule has 696 valence electrons. The van der Waals surface area contributed by atoms with Crippen LogP contribution in [0.5, 0.6) is 0 Å². The number of hydrogen-bond acceptors (Lipinski definition) is 18. The third kappa shape index (κ3) is 25.1. The zero-order chi connectivity index (χ0) is 93.3. The first-order chi connectivity index (χ1) is 58.8. The van der Waals surface area contributed by atoms with Gasteiger partial charge in [-0.2, -0.15) is 0 Å². The SMILES string of the molecule is CCl.C[C@H](NC(=O)OC(C)(C)C)[C@@H]1CCNC1.Cc1c(Br)c(F)cc2cc(C(=O)O)c(=O)n(C3CC3)c12.Cc1c(Br)c(F)cc2cc(NC(=O)OC(C)(C)C)c(=O)n(C3CC3)c12.Cc1c(N2CC[C@@H]([C@H](C)N)C2)c(F)cc2cc(N)c(=O)n(C3CC3)c12.Cc1c(N2CC[C@@H]([C@H](C)NC(=O)OC(C)(C)C)C2)c(F)cc2cc(NC(=O)OC(C)(C)C)c(=O)n(C3CC3)c12.Cl. The highest BCUT2D eigenvalue weighted by Crippen LogP contribution is 2.45. The molecular formula is C92H123Br2Cl2F4N13O14. The number of halogens is 8. The van der Waals surface area contributed by atoms with Crippen molar-refractivity contribution in [3.8, 4) is 0 Å². The van der Waals surface area contributed by atoms with Crippen molar-refractivity contribution in [1.82, 2.24) is 34.2 Å². The van der Waals surface area contributed by atoms with Crippen molar-refractivity contribution < 1.29 is 65.6 Å². The van der Waals surface area contributed by atoms with Crippen molar-refractivity contribution in [2.24, 2.45) is 23.5 Å². The first-order valence-electron chi connectivity index (χ1n) is 43.0. The number of carbonyl (C=O) groups excluding carboxylic acids is 4. The van der Waals surface area contributed by atoms with Crippen molar-refractivity contribution in [2.75, 3.05) is 71.8 Å². The van der Waals surface area contributed by atoms with E-state index in [1.807, 2.05) is 81.1 Å². The normalized spacial score (nSPS) is 18.1. The van der Waals surface area contributed by atoms with E-state index in [1.54, 1.807) is 75.2 Å². The summed E-state index contributed by atoms with van der Waals surface area (Å²) in [5, 5.41) is 25.5. The van der Waals surface area contributed by atoms with Crippen LogP contribution in [0.2, 0.25) is 0 Å². The Hall–Kier alpha value is -9.15. The Morgan fingerprint density at radius 3 is 1.13 bits per heavy atom. The van der Waals surface area contributed by atoms with Gasteiger partial charge in [0.05, 0.1) is 48.1 Å². The molecule has 4 amide bonds. The van der Waals surface area contributed by atoms with Crippen LogP contribution in [0.3, 0.4) is 0 Å². The molecule has 4 saturated carbocycles. The Kier molecular flexibility index (Phi) is 32.7. The average molecular weight is 1940 g/mol. The highest BCUT2D eigenvalue weighted by atomic mass is 79.9. The summed E-state index contributed by atoms with van der Waals surface area (Å²) in [4.78, 5) is 115. The maximum absolute atomic E-state index is 15.7. The van der Waals surface area contributed by atoms with Crippen LogP contribution in [0.4, 0.5) is 65.2 Å². The van der Waals surface area contributed by atoms with Gasteiger partial charge in [-0.3, -0.25) is 29.8 Å². The number of fused-ring (bicyclic) bond motifs is 4. The number of aromatic carboxylic acids is 1. The number of pyridine rings is 4. The van der Waals surface area contributed by atoms with Crippen LogP contribution in [0, 0.1) is 68.7 Å². The number of carboxylic acids is 1. The highest BCUT2D eigenvalue weighted by Gasteiger charge is 2.39. The zero-order valence-electron chi connectivity index (χ0n) is 76.1. The van der Waals surface area contributed by atoms with Gasteiger partial charge in [-0.25, -0.2) is 41.5 Å². The number of alkyl halides is 1. The van der Waals surface area contributed by atoms with Crippen LogP contribution in [0.15, 0.2) is 76.7 Å². The fourth-order valence-electron chi connectivity index (χ4n) is 16.4. The molecule has 35 heteroatoms. The Morgan fingerprint density at radius 2 is 0.787 bits per heavy atom. The Balaban J connectivity index is 0.000000184. The highest BCUT2D eigenvalue weighted by molar-refractivity contribution is 9.10. The van der Waals surface area contributed by atoms with Crippen molar-refractivity contribution in [3.05, 3.63) is 150 Å². The molecule has 0 bridgehead atoms. The quantitative estimate of drug-likeness (QED) is 0.0285. The number of amides is 4. The minimum absolute atomic E-state index is 0. The van der Waals surface area contributed by atoms with Crippen molar-refractivity contribution in [1.29, 1.82) is 0 Å². The second kappa shape index (κ2) is 40.9. The molecule has 10 N–H and O–H groups in total. The monoisotopic (exact) mass is 1940 g/mol. The Morgan fingerprint density at radius 1 is 0.465 bits per heavy atom. The number of rotatable bonds is 14. The smallest absolute Gasteiger partial charge is 0.412 e. The summed E-state index contributed by atoms with van der Waals surface area (Å²) in [6.07, 6.45) is 9.21. The van der Waals surface area contributed by atoms with E-state index >= 15 is 4.39 Å². The van der Waals surface area contributed by atoms with Crippen LogP contribution in [-0.4, -0.2) is 140 Å². The average Bonchev–Trinajstić information content (AvgIpc) is 1.45. The van der Waals surface area contributed by atoms with Crippen LogP contribution in [0.25, 0.3) is 43.6 Å². The molecule has 4 aliphatic carbocycles. The lowest BCUT2D eigenvalue weighted by Gasteiger charge is -2.27. The van der Waals surface area contributed by atoms with E-state index < -0.39 is 69.7 Å². The molecule has 4 aromatic carbocycles. The molecule has 3 aliphatic heterocycles. The summed E-state index contributed by atoms with van der Waals surface area (Å²) in [6, 6.07) is 11.9. The number of nitrogens with two attached hydrogens (primary N) is 2. The number of aromatic nitrogens is 4. The van der Waals surface area contributed by atoms with Crippen molar-refractivity contribution in [2.45, 2.75) is 267 Å². The van der Waals surface area contributed by atoms with E-state index in [4.69, 9.17) is 35.5 Å². The Labute approximate surface area is 765 Å². The minimum Gasteiger partial charge on any atom is -0.477 e. The molecule has 8 aromatic rings. The number of carboxylic acid groups (broad SMARTS) is 1. The predicted octanol–water partition coefficient (Wildman–Crippen LogP) is 19.3. The number of benzene rings is 4. The van der Waals surface area contributed by atoms with Gasteiger partial charge in [0.25, 0.3) is 22.2 Å². The first kappa shape index (κ1) is 102. The number of nitrogens with zero attached hydrogens (tertiary/aromatic N) is 6. The lowest BCUT2D eigenvalue weighted by Crippen LogP contribution is -2.42. The van der Waals surface area contributed by atoms with Gasteiger partial charge in [-0.1, -0.05) is 0 Å². The fourth-order valence-corrected chi connectivity index (χ4v) is 17.0. The molecular weight excluding hydrogens is 1820 g/mol. The molecule has 7 aliphatic rings. The maximum Gasteiger partial charge on any atom is 0.412 e. The van der Waals surface area contributed by atoms with Gasteiger partial charge in [-0.05, 0) is 336 Å². The summed E-state index contributed by atoms with van der Waals surface area (Å²) in [5.74, 6) is -1.80. The van der Waals surface area contributed by atoms with E-state index in [0.29, 0.717) is 100 Å². The molecule has 0 unspecified atom stereocenters. The first-order valence-corrected chi connectivity index (χ1v) is 45.3. The fraction of sp³-hybridized carbons (Fsp3) is 0.554. The maximum atomic E-state index is 15.7. The molecule has 27 nitrogen and oxygen atoms in total. The van der Waals surface area contributed by atoms with Gasteiger partial charge in [-0.15, -0.1) is 24.0 Å². The Bertz CT molecular complexity index is 5740. The molecule has 127 heavy (non-hydrogen) atoms. The van der Waals surface area contributed by atoms with Crippen molar-refractivity contribution >= 4 is 158 Å². The summed E-state index contributed by atoms with van der Waals surface area (Å²) in [5.41, 5.74) is 14.9. The largest absolute Gasteiger partial charge is 0.477 e. The topological polar surface area (TPSA) is 349 Å². The summed E-state index contributed by atoms with van der Waals surface area (Å²) < 4.78 is 87.0. The van der Waals surface area contributed by atoms with Crippen LogP contribution < -0.4 is 70.1 Å². The van der Waals surface area contributed by atoms with Crippen LogP contribution in [0.1, 0.15) is 231 Å². The second-order valence-electron chi connectivity index (χ2n) is 37.9. The van der Waals surface area contributed by atoms with Crippen molar-refractivity contribution in [3.63, 3.8) is 0 Å². The third-order valence-corrected chi connectivity index (χ3v) is 24.8. The van der Waals surface area contributed by atoms with Gasteiger partial charge in [0.15, 0.2) is 0 Å². The summed E-state index contributed by atoms with van der Waals surface area (Å²) in [7, 11) is 0. The van der Waals surface area contributed by atoms with Gasteiger partial charge in [0.1, 0.15) is 62.6 Å². The van der Waals surface area contributed by atoms with E-state index in [-0.39, 0.29) is 112 Å². The number of alkyl carbamates (subject to hydrolysis) is 2. The van der Waals surface area contributed by atoms with E-state index in [1.165, 1.54) is 53.4 Å². The number of aryl methyl sites for hydroxylation is 4. The van der Waals surface area contributed by atoms with E-state index in [2.05, 4.69) is 74.9 Å². The number of anilines is 5. The van der Waals surface area contributed by atoms with Gasteiger partial charge >= 0.3 is 30.3 Å². The molecule has 7 heterocycles.